The van der Waals surface area contributed by atoms with Gasteiger partial charge in [-0.2, -0.15) is 0 Å². The van der Waals surface area contributed by atoms with Crippen molar-refractivity contribution in [2.24, 2.45) is 0 Å². The zero-order valence-electron chi connectivity index (χ0n) is 23.5. The maximum absolute atomic E-state index is 13.6. The number of fused-ring (bicyclic) bond motifs is 1. The van der Waals surface area contributed by atoms with Gasteiger partial charge in [0.1, 0.15) is 17.1 Å². The summed E-state index contributed by atoms with van der Waals surface area (Å²) < 4.78 is 53.9. The lowest BCUT2D eigenvalue weighted by Gasteiger charge is -2.24. The molecule has 11 nitrogen and oxygen atoms in total. The Hall–Kier alpha value is -4.52. The highest BCUT2D eigenvalue weighted by atomic mass is 32.2. The Labute approximate surface area is 242 Å². The number of hydrogen-bond acceptors (Lipinski definition) is 8. The van der Waals surface area contributed by atoms with Gasteiger partial charge >= 0.3 is 6.09 Å². The van der Waals surface area contributed by atoms with Gasteiger partial charge in [0.2, 0.25) is 5.88 Å². The fraction of sp³-hybridized carbons (Fsp3) is 0.310. The Morgan fingerprint density at radius 3 is 2.50 bits per heavy atom. The minimum atomic E-state index is -4.08. The van der Waals surface area contributed by atoms with Crippen LogP contribution in [0.3, 0.4) is 0 Å². The van der Waals surface area contributed by atoms with Gasteiger partial charge in [0.05, 0.1) is 35.3 Å². The average molecular weight is 596 g/mol. The molecular formula is C29H30FN5O6S. The van der Waals surface area contributed by atoms with Crippen LogP contribution in [0.15, 0.2) is 70.7 Å². The summed E-state index contributed by atoms with van der Waals surface area (Å²) in [6.45, 7) is 6.18. The number of anilines is 1. The van der Waals surface area contributed by atoms with Crippen LogP contribution in [-0.2, 0) is 14.8 Å². The molecule has 0 bridgehead atoms. The van der Waals surface area contributed by atoms with Crippen molar-refractivity contribution < 1.29 is 27.1 Å². The normalized spacial score (nSPS) is 15.5. The van der Waals surface area contributed by atoms with E-state index in [9.17, 15) is 22.4 Å². The lowest BCUT2D eigenvalue weighted by molar-refractivity contribution is 0.0288. The number of ether oxygens (including phenoxy) is 2. The van der Waals surface area contributed by atoms with E-state index >= 15 is 0 Å². The first-order valence-electron chi connectivity index (χ1n) is 13.2. The number of carbonyl (C=O) groups excluding carboxylic acids is 1. The summed E-state index contributed by atoms with van der Waals surface area (Å²) in [5, 5.41) is 0.356. The van der Waals surface area contributed by atoms with Gasteiger partial charge < -0.3 is 14.4 Å². The summed E-state index contributed by atoms with van der Waals surface area (Å²) in [6.07, 6.45) is 3.14. The molecule has 2 aromatic carbocycles. The maximum Gasteiger partial charge on any atom is 0.410 e. The second-order valence-electron chi connectivity index (χ2n) is 10.9. The fourth-order valence-electron chi connectivity index (χ4n) is 4.70. The summed E-state index contributed by atoms with van der Waals surface area (Å²) in [6, 6.07) is 10.8. The third-order valence-electron chi connectivity index (χ3n) is 6.74. The van der Waals surface area contributed by atoms with E-state index in [2.05, 4.69) is 14.7 Å². The standard InChI is InChI=1S/C29H30FN5O6S/c1-29(2,3)41-28(37)34-12-11-21(16-34)35-17-32-24-10-5-18(13-23(24)27(35)36)19-14-25(26(40-4)31-15-19)33-42(38,39)22-8-6-20(30)7-9-22/h5-10,13-15,17,21,33H,11-12,16H2,1-4H3/t21-/m0/s1. The smallest absolute Gasteiger partial charge is 0.410 e. The molecule has 1 amide bonds. The number of nitrogens with one attached hydrogen (secondary N) is 1. The Balaban J connectivity index is 1.45. The number of sulfonamides is 1. The summed E-state index contributed by atoms with van der Waals surface area (Å²) >= 11 is 0. The van der Waals surface area contributed by atoms with Crippen molar-refractivity contribution in [1.29, 1.82) is 0 Å². The lowest BCUT2D eigenvalue weighted by atomic mass is 10.0. The molecule has 13 heteroatoms. The predicted octanol–water partition coefficient (Wildman–Crippen LogP) is 4.59. The Morgan fingerprint density at radius 2 is 1.81 bits per heavy atom. The highest BCUT2D eigenvalue weighted by molar-refractivity contribution is 7.92. The first-order valence-corrected chi connectivity index (χ1v) is 14.6. The van der Waals surface area contributed by atoms with E-state index in [0.717, 1.165) is 24.3 Å². The van der Waals surface area contributed by atoms with Crippen molar-refractivity contribution in [2.75, 3.05) is 24.9 Å². The van der Waals surface area contributed by atoms with Crippen LogP contribution in [0.4, 0.5) is 14.9 Å². The van der Waals surface area contributed by atoms with Crippen molar-refractivity contribution in [3.63, 3.8) is 0 Å². The minimum Gasteiger partial charge on any atom is -0.480 e. The first kappa shape index (κ1) is 29.0. The van der Waals surface area contributed by atoms with Crippen molar-refractivity contribution in [3.8, 4) is 17.0 Å². The number of benzene rings is 2. The highest BCUT2D eigenvalue weighted by Gasteiger charge is 2.31. The van der Waals surface area contributed by atoms with Crippen LogP contribution >= 0.6 is 0 Å². The number of halogens is 1. The predicted molar refractivity (Wildman–Crippen MR) is 154 cm³/mol. The molecule has 0 radical (unpaired) electrons. The molecule has 1 fully saturated rings. The monoisotopic (exact) mass is 595 g/mol. The van der Waals surface area contributed by atoms with Crippen LogP contribution in [0.2, 0.25) is 0 Å². The van der Waals surface area contributed by atoms with Crippen molar-refractivity contribution >= 4 is 32.7 Å². The minimum absolute atomic E-state index is 0.0324. The molecule has 1 N–H and O–H groups in total. The topological polar surface area (TPSA) is 133 Å². The van der Waals surface area contributed by atoms with Crippen molar-refractivity contribution in [3.05, 3.63) is 77.2 Å². The number of amides is 1. The second-order valence-corrected chi connectivity index (χ2v) is 12.6. The maximum atomic E-state index is 13.6. The average Bonchev–Trinajstić information content (AvgIpc) is 3.43. The number of nitrogens with zero attached hydrogens (tertiary/aromatic N) is 4. The largest absolute Gasteiger partial charge is 0.480 e. The Morgan fingerprint density at radius 1 is 1.07 bits per heavy atom. The van der Waals surface area contributed by atoms with E-state index in [1.54, 1.807) is 49.9 Å². The van der Waals surface area contributed by atoms with Gasteiger partial charge in [0.15, 0.2) is 0 Å². The third-order valence-corrected chi connectivity index (χ3v) is 8.12. The van der Waals surface area contributed by atoms with Crippen LogP contribution in [0.5, 0.6) is 5.88 Å². The van der Waals surface area contributed by atoms with Gasteiger partial charge in [-0.3, -0.25) is 14.1 Å². The van der Waals surface area contributed by atoms with Crippen LogP contribution in [0, 0.1) is 5.82 Å². The first-order chi connectivity index (χ1) is 19.8. The number of aromatic nitrogens is 3. The molecule has 4 aromatic rings. The molecule has 5 rings (SSSR count). The van der Waals surface area contributed by atoms with E-state index < -0.39 is 27.5 Å². The van der Waals surface area contributed by atoms with Crippen molar-refractivity contribution in [2.45, 2.75) is 43.7 Å². The van der Waals surface area contributed by atoms with Crippen LogP contribution in [-0.4, -0.2) is 59.7 Å². The highest BCUT2D eigenvalue weighted by Crippen LogP contribution is 2.31. The van der Waals surface area contributed by atoms with E-state index in [0.29, 0.717) is 41.5 Å². The third kappa shape index (κ3) is 6.05. The molecule has 1 aliphatic rings. The number of likely N-dealkylation sites (tertiary alicyclic amines) is 1. The molecule has 2 aromatic heterocycles. The summed E-state index contributed by atoms with van der Waals surface area (Å²) in [5.74, 6) is -0.529. The molecule has 0 spiro atoms. The summed E-state index contributed by atoms with van der Waals surface area (Å²) in [5.41, 5.74) is 0.775. The molecule has 1 aliphatic heterocycles. The Kier molecular flexibility index (Phi) is 7.62. The number of methoxy groups -OCH3 is 1. The zero-order valence-corrected chi connectivity index (χ0v) is 24.3. The van der Waals surface area contributed by atoms with E-state index in [-0.39, 0.29) is 28.1 Å². The molecule has 0 aliphatic carbocycles. The SMILES string of the molecule is COc1ncc(-c2ccc3ncn([C@H]4CCN(C(=O)OC(C)(C)C)C4)c(=O)c3c2)cc1NS(=O)(=O)c1ccc(F)cc1. The quantitative estimate of drug-likeness (QED) is 0.342. The molecule has 3 heterocycles. The van der Waals surface area contributed by atoms with Gasteiger partial charge in [-0.15, -0.1) is 0 Å². The van der Waals surface area contributed by atoms with Gasteiger partial charge in [0, 0.05) is 24.8 Å². The summed E-state index contributed by atoms with van der Waals surface area (Å²) in [4.78, 5) is 36.2. The number of rotatable bonds is 6. The molecule has 0 unspecified atom stereocenters. The van der Waals surface area contributed by atoms with Crippen molar-refractivity contribution in [1.82, 2.24) is 19.4 Å². The zero-order chi connectivity index (χ0) is 30.2. The second kappa shape index (κ2) is 11.0. The van der Waals surface area contributed by atoms with Gasteiger partial charge in [0.25, 0.3) is 15.6 Å². The van der Waals surface area contributed by atoms with Gasteiger partial charge in [-0.05, 0) is 75.2 Å². The Bertz CT molecular complexity index is 1820. The van der Waals surface area contributed by atoms with Crippen LogP contribution in [0.1, 0.15) is 33.2 Å². The van der Waals surface area contributed by atoms with Crippen LogP contribution < -0.4 is 15.0 Å². The fourth-order valence-corrected chi connectivity index (χ4v) is 5.75. The molecule has 1 saturated heterocycles. The van der Waals surface area contributed by atoms with Crippen LogP contribution in [0.25, 0.3) is 22.0 Å². The van der Waals surface area contributed by atoms with E-state index in [1.807, 2.05) is 0 Å². The van der Waals surface area contributed by atoms with Gasteiger partial charge in [-0.25, -0.2) is 27.6 Å². The molecular weight excluding hydrogens is 565 g/mol. The number of hydrogen-bond donors (Lipinski definition) is 1. The van der Waals surface area contributed by atoms with E-state index in [1.165, 1.54) is 24.2 Å². The lowest BCUT2D eigenvalue weighted by Crippen LogP contribution is -2.36. The van der Waals surface area contributed by atoms with E-state index in [4.69, 9.17) is 9.47 Å². The number of pyridine rings is 1. The molecule has 220 valence electrons. The summed E-state index contributed by atoms with van der Waals surface area (Å²) in [7, 11) is -2.72. The number of carbonyl (C=O) groups is 1. The molecule has 0 saturated carbocycles. The molecule has 1 atom stereocenters. The van der Waals surface area contributed by atoms with Gasteiger partial charge in [-0.1, -0.05) is 6.07 Å². The molecule has 42 heavy (non-hydrogen) atoms.